The summed E-state index contributed by atoms with van der Waals surface area (Å²) in [6, 6.07) is 0. The molecule has 0 spiro atoms. The third-order valence-corrected chi connectivity index (χ3v) is 1.97. The Morgan fingerprint density at radius 3 is 3.14 bits per heavy atom. The van der Waals surface area contributed by atoms with Gasteiger partial charge in [0.15, 0.2) is 0 Å². The molecular weight excluding hydrogens is 180 g/mol. The third-order valence-electron chi connectivity index (χ3n) is 1.97. The van der Waals surface area contributed by atoms with Crippen molar-refractivity contribution in [2.75, 3.05) is 11.9 Å². The number of aryl methyl sites for hydroxylation is 1. The second-order valence-electron chi connectivity index (χ2n) is 3.06. The van der Waals surface area contributed by atoms with E-state index in [1.807, 2.05) is 6.92 Å². The zero-order chi connectivity index (χ0) is 10.4. The van der Waals surface area contributed by atoms with E-state index in [0.29, 0.717) is 25.2 Å². The highest BCUT2D eigenvalue weighted by atomic mass is 16.1. The van der Waals surface area contributed by atoms with Gasteiger partial charge >= 0.3 is 0 Å². The summed E-state index contributed by atoms with van der Waals surface area (Å²) in [4.78, 5) is 11.3. The largest absolute Gasteiger partial charge is 0.330 e. The first-order valence-corrected chi connectivity index (χ1v) is 4.80. The average molecular weight is 196 g/mol. The molecule has 0 bridgehead atoms. The Balaban J connectivity index is 2.47. The van der Waals surface area contributed by atoms with Crippen molar-refractivity contribution in [1.29, 1.82) is 0 Å². The Morgan fingerprint density at radius 2 is 2.50 bits per heavy atom. The van der Waals surface area contributed by atoms with E-state index in [4.69, 9.17) is 5.73 Å². The summed E-state index contributed by atoms with van der Waals surface area (Å²) in [6.45, 7) is 2.55. The van der Waals surface area contributed by atoms with Gasteiger partial charge in [-0.3, -0.25) is 9.89 Å². The van der Waals surface area contributed by atoms with Crippen LogP contribution in [0.5, 0.6) is 0 Å². The van der Waals surface area contributed by atoms with Crippen molar-refractivity contribution in [3.05, 3.63) is 11.8 Å². The molecule has 1 amide bonds. The quantitative estimate of drug-likeness (QED) is 0.646. The molecule has 78 valence electrons. The molecule has 1 aromatic rings. The maximum Gasteiger partial charge on any atom is 0.225 e. The Kier molecular flexibility index (Phi) is 4.12. The Bertz CT molecular complexity index is 295. The van der Waals surface area contributed by atoms with Gasteiger partial charge in [-0.15, -0.1) is 0 Å². The van der Waals surface area contributed by atoms with Gasteiger partial charge in [0.2, 0.25) is 5.91 Å². The minimum atomic E-state index is -0.0191. The van der Waals surface area contributed by atoms with E-state index in [0.717, 1.165) is 12.0 Å². The fraction of sp³-hybridized carbons (Fsp3) is 0.556. The van der Waals surface area contributed by atoms with Crippen LogP contribution in [0.15, 0.2) is 6.20 Å². The summed E-state index contributed by atoms with van der Waals surface area (Å²) < 4.78 is 0. The van der Waals surface area contributed by atoms with Gasteiger partial charge < -0.3 is 11.1 Å². The molecule has 0 unspecified atom stereocenters. The number of rotatable bonds is 5. The number of carbonyl (C=O) groups is 1. The highest BCUT2D eigenvalue weighted by Crippen LogP contribution is 2.11. The molecule has 0 radical (unpaired) electrons. The second kappa shape index (κ2) is 5.39. The van der Waals surface area contributed by atoms with Crippen molar-refractivity contribution in [2.45, 2.75) is 26.2 Å². The lowest BCUT2D eigenvalue weighted by Crippen LogP contribution is -2.14. The van der Waals surface area contributed by atoms with Crippen LogP contribution < -0.4 is 11.1 Å². The number of nitrogens with one attached hydrogen (secondary N) is 2. The highest BCUT2D eigenvalue weighted by molar-refractivity contribution is 5.90. The van der Waals surface area contributed by atoms with Gasteiger partial charge in [-0.2, -0.15) is 5.10 Å². The smallest absolute Gasteiger partial charge is 0.225 e. The van der Waals surface area contributed by atoms with Crippen molar-refractivity contribution in [1.82, 2.24) is 10.2 Å². The third kappa shape index (κ3) is 2.85. The standard InChI is InChI=1S/C9H16N4O/c1-2-7-6-11-13-9(7)12-8(14)4-3-5-10/h6H,2-5,10H2,1H3,(H2,11,12,13,14). The predicted molar refractivity (Wildman–Crippen MR) is 54.9 cm³/mol. The van der Waals surface area contributed by atoms with Crippen LogP contribution >= 0.6 is 0 Å². The highest BCUT2D eigenvalue weighted by Gasteiger charge is 2.06. The number of anilines is 1. The molecule has 0 aromatic carbocycles. The fourth-order valence-electron chi connectivity index (χ4n) is 1.15. The molecule has 0 atom stereocenters. The summed E-state index contributed by atoms with van der Waals surface area (Å²) >= 11 is 0. The van der Waals surface area contributed by atoms with Crippen molar-refractivity contribution in [2.24, 2.45) is 5.73 Å². The Morgan fingerprint density at radius 1 is 1.71 bits per heavy atom. The maximum absolute atomic E-state index is 11.3. The first-order valence-electron chi connectivity index (χ1n) is 4.80. The number of hydrogen-bond acceptors (Lipinski definition) is 3. The number of nitrogens with two attached hydrogens (primary N) is 1. The number of carbonyl (C=O) groups excluding carboxylic acids is 1. The van der Waals surface area contributed by atoms with Crippen molar-refractivity contribution < 1.29 is 4.79 Å². The van der Waals surface area contributed by atoms with Crippen LogP contribution in [0.25, 0.3) is 0 Å². The maximum atomic E-state index is 11.3. The van der Waals surface area contributed by atoms with Crippen LogP contribution in [0.2, 0.25) is 0 Å². The second-order valence-corrected chi connectivity index (χ2v) is 3.06. The van der Waals surface area contributed by atoms with E-state index >= 15 is 0 Å². The number of nitrogens with zero attached hydrogens (tertiary/aromatic N) is 1. The van der Waals surface area contributed by atoms with E-state index in [1.165, 1.54) is 0 Å². The average Bonchev–Trinajstić information content (AvgIpc) is 2.62. The monoisotopic (exact) mass is 196 g/mol. The number of hydrogen-bond donors (Lipinski definition) is 3. The topological polar surface area (TPSA) is 83.8 Å². The van der Waals surface area contributed by atoms with Crippen molar-refractivity contribution >= 4 is 11.7 Å². The van der Waals surface area contributed by atoms with Gasteiger partial charge in [0, 0.05) is 12.0 Å². The van der Waals surface area contributed by atoms with Crippen molar-refractivity contribution in [3.8, 4) is 0 Å². The lowest BCUT2D eigenvalue weighted by atomic mass is 10.2. The molecule has 0 fully saturated rings. The summed E-state index contributed by atoms with van der Waals surface area (Å²) in [5, 5.41) is 9.38. The molecule has 0 aliphatic heterocycles. The van der Waals surface area contributed by atoms with Gasteiger partial charge in [-0.05, 0) is 19.4 Å². The lowest BCUT2D eigenvalue weighted by Gasteiger charge is -2.03. The van der Waals surface area contributed by atoms with Crippen LogP contribution in [0.4, 0.5) is 5.82 Å². The molecule has 5 nitrogen and oxygen atoms in total. The summed E-state index contributed by atoms with van der Waals surface area (Å²) in [5.41, 5.74) is 6.33. The first kappa shape index (κ1) is 10.7. The number of H-pyrrole nitrogens is 1. The summed E-state index contributed by atoms with van der Waals surface area (Å²) in [6.07, 6.45) is 3.74. The molecule has 1 rings (SSSR count). The predicted octanol–water partition coefficient (Wildman–Crippen LogP) is 0.649. The van der Waals surface area contributed by atoms with Crippen LogP contribution in [0.1, 0.15) is 25.3 Å². The molecule has 1 aromatic heterocycles. The molecule has 4 N–H and O–H groups in total. The van der Waals surface area contributed by atoms with Gasteiger partial charge in [0.05, 0.1) is 6.20 Å². The Labute approximate surface area is 83.1 Å². The van der Waals surface area contributed by atoms with E-state index in [-0.39, 0.29) is 5.91 Å². The zero-order valence-electron chi connectivity index (χ0n) is 8.34. The molecule has 0 saturated carbocycles. The number of amides is 1. The Hall–Kier alpha value is -1.36. The molecule has 0 aliphatic carbocycles. The first-order chi connectivity index (χ1) is 6.77. The molecule has 0 aliphatic rings. The minimum absolute atomic E-state index is 0.0191. The minimum Gasteiger partial charge on any atom is -0.330 e. The van der Waals surface area contributed by atoms with Gasteiger partial charge in [0.1, 0.15) is 5.82 Å². The lowest BCUT2D eigenvalue weighted by molar-refractivity contribution is -0.116. The van der Waals surface area contributed by atoms with E-state index in [1.54, 1.807) is 6.20 Å². The fourth-order valence-corrected chi connectivity index (χ4v) is 1.15. The van der Waals surface area contributed by atoms with E-state index in [9.17, 15) is 4.79 Å². The van der Waals surface area contributed by atoms with Gasteiger partial charge in [-0.25, -0.2) is 0 Å². The van der Waals surface area contributed by atoms with Crippen LogP contribution in [0, 0.1) is 0 Å². The van der Waals surface area contributed by atoms with Gasteiger partial charge in [0.25, 0.3) is 0 Å². The zero-order valence-corrected chi connectivity index (χ0v) is 8.34. The van der Waals surface area contributed by atoms with E-state index in [2.05, 4.69) is 15.5 Å². The number of aromatic amines is 1. The SMILES string of the molecule is CCc1cn[nH]c1NC(=O)CCCN. The van der Waals surface area contributed by atoms with Gasteiger partial charge in [-0.1, -0.05) is 6.92 Å². The van der Waals surface area contributed by atoms with Crippen molar-refractivity contribution in [3.63, 3.8) is 0 Å². The van der Waals surface area contributed by atoms with E-state index < -0.39 is 0 Å². The molecule has 1 heterocycles. The molecule has 14 heavy (non-hydrogen) atoms. The van der Waals surface area contributed by atoms with Crippen LogP contribution in [-0.4, -0.2) is 22.6 Å². The summed E-state index contributed by atoms with van der Waals surface area (Å²) in [7, 11) is 0. The summed E-state index contributed by atoms with van der Waals surface area (Å²) in [5.74, 6) is 0.684. The van der Waals surface area contributed by atoms with Crippen LogP contribution in [-0.2, 0) is 11.2 Å². The normalized spacial score (nSPS) is 10.1. The van der Waals surface area contributed by atoms with Crippen LogP contribution in [0.3, 0.4) is 0 Å². The number of aromatic nitrogens is 2. The molecule has 5 heteroatoms. The molecule has 0 saturated heterocycles. The molecular formula is C9H16N4O.